The fourth-order valence-electron chi connectivity index (χ4n) is 1.13. The van der Waals surface area contributed by atoms with E-state index in [9.17, 15) is 4.79 Å². The van der Waals surface area contributed by atoms with Crippen LogP contribution in [0, 0.1) is 0 Å². The largest absolute Gasteiger partial charge is 0.379 e. The Labute approximate surface area is 106 Å². The number of anilines is 2. The smallest absolute Gasteiger partial charge is 0.281 e. The average molecular weight is 273 g/mol. The number of carbonyl (C=O) groups is 1. The Morgan fingerprint density at radius 3 is 2.76 bits per heavy atom. The zero-order chi connectivity index (χ0) is 12.4. The van der Waals surface area contributed by atoms with E-state index in [1.807, 2.05) is 0 Å². The quantitative estimate of drug-likeness (QED) is 0.874. The Morgan fingerprint density at radius 2 is 2.12 bits per heavy atom. The van der Waals surface area contributed by atoms with Crippen molar-refractivity contribution in [1.82, 2.24) is 10.3 Å². The molecule has 0 spiro atoms. The maximum atomic E-state index is 11.7. The highest BCUT2D eigenvalue weighted by Crippen LogP contribution is 2.25. The Hall–Kier alpha value is -1.79. The summed E-state index contributed by atoms with van der Waals surface area (Å²) in [5.74, 6) is -0.673. The summed E-state index contributed by atoms with van der Waals surface area (Å²) in [7, 11) is 0. The predicted octanol–water partition coefficient (Wildman–Crippen LogP) is 2.21. The standard InChI is InChI=1S/C9H6Cl2N4O2/c10-4-1-2-5(11)6(3-4)13-9(16)7-8(12)15-17-14-7/h1-3H,(H2,12,15)(H,13,16). The van der Waals surface area contributed by atoms with Crippen LogP contribution >= 0.6 is 23.2 Å². The summed E-state index contributed by atoms with van der Waals surface area (Å²) in [6.45, 7) is 0. The molecule has 8 heteroatoms. The van der Waals surface area contributed by atoms with Gasteiger partial charge in [-0.05, 0) is 28.5 Å². The monoisotopic (exact) mass is 272 g/mol. The van der Waals surface area contributed by atoms with Gasteiger partial charge in [0.15, 0.2) is 0 Å². The third-order valence-corrected chi connectivity index (χ3v) is 2.47. The summed E-state index contributed by atoms with van der Waals surface area (Å²) in [6.07, 6.45) is 0. The second-order valence-corrected chi connectivity index (χ2v) is 3.92. The molecule has 0 saturated carbocycles. The predicted molar refractivity (Wildman–Crippen MR) is 63.1 cm³/mol. The number of rotatable bonds is 2. The molecule has 1 heterocycles. The molecule has 2 rings (SSSR count). The highest BCUT2D eigenvalue weighted by Gasteiger charge is 2.17. The maximum Gasteiger partial charge on any atom is 0.281 e. The van der Waals surface area contributed by atoms with E-state index in [2.05, 4.69) is 20.3 Å². The van der Waals surface area contributed by atoms with E-state index in [0.717, 1.165) is 0 Å². The Morgan fingerprint density at radius 1 is 1.35 bits per heavy atom. The molecule has 2 aromatic rings. The van der Waals surface area contributed by atoms with Crippen LogP contribution in [0.5, 0.6) is 0 Å². The number of halogens is 2. The first-order valence-corrected chi connectivity index (χ1v) is 5.18. The van der Waals surface area contributed by atoms with Crippen LogP contribution in [0.3, 0.4) is 0 Å². The van der Waals surface area contributed by atoms with E-state index < -0.39 is 5.91 Å². The molecule has 0 aliphatic heterocycles. The van der Waals surface area contributed by atoms with E-state index in [1.54, 1.807) is 12.1 Å². The van der Waals surface area contributed by atoms with Gasteiger partial charge in [-0.25, -0.2) is 4.63 Å². The fourth-order valence-corrected chi connectivity index (χ4v) is 1.46. The summed E-state index contributed by atoms with van der Waals surface area (Å²) in [6, 6.07) is 4.67. The lowest BCUT2D eigenvalue weighted by Gasteiger charge is -2.05. The molecule has 0 atom stereocenters. The molecule has 17 heavy (non-hydrogen) atoms. The van der Waals surface area contributed by atoms with E-state index in [4.69, 9.17) is 28.9 Å². The van der Waals surface area contributed by atoms with Gasteiger partial charge in [-0.2, -0.15) is 0 Å². The molecule has 0 bridgehead atoms. The first-order chi connectivity index (χ1) is 8.08. The molecule has 0 fully saturated rings. The number of nitrogens with two attached hydrogens (primary N) is 1. The second kappa shape index (κ2) is 4.60. The molecule has 0 unspecified atom stereocenters. The average Bonchev–Trinajstić information content (AvgIpc) is 2.70. The van der Waals surface area contributed by atoms with Crippen LogP contribution in [0.25, 0.3) is 0 Å². The number of amides is 1. The van der Waals surface area contributed by atoms with Crippen LogP contribution in [0.2, 0.25) is 10.0 Å². The molecule has 1 aromatic carbocycles. The minimum Gasteiger partial charge on any atom is -0.379 e. The molecular formula is C9H6Cl2N4O2. The van der Waals surface area contributed by atoms with Crippen molar-refractivity contribution in [1.29, 1.82) is 0 Å². The van der Waals surface area contributed by atoms with Gasteiger partial charge in [-0.1, -0.05) is 23.2 Å². The van der Waals surface area contributed by atoms with Crippen LogP contribution in [0.1, 0.15) is 10.5 Å². The van der Waals surface area contributed by atoms with Crippen molar-refractivity contribution in [3.8, 4) is 0 Å². The number of carbonyl (C=O) groups excluding carboxylic acids is 1. The molecule has 3 N–H and O–H groups in total. The van der Waals surface area contributed by atoms with Crippen molar-refractivity contribution in [2.45, 2.75) is 0 Å². The highest BCUT2D eigenvalue weighted by atomic mass is 35.5. The Kier molecular flexibility index (Phi) is 3.16. The molecule has 6 nitrogen and oxygen atoms in total. The van der Waals surface area contributed by atoms with Gasteiger partial charge >= 0.3 is 0 Å². The molecule has 0 aliphatic carbocycles. The van der Waals surface area contributed by atoms with E-state index >= 15 is 0 Å². The first kappa shape index (κ1) is 11.7. The second-order valence-electron chi connectivity index (χ2n) is 3.08. The van der Waals surface area contributed by atoms with Crippen molar-refractivity contribution >= 4 is 40.6 Å². The van der Waals surface area contributed by atoms with Crippen molar-refractivity contribution in [2.24, 2.45) is 0 Å². The molecule has 1 amide bonds. The van der Waals surface area contributed by atoms with Gasteiger partial charge in [0.25, 0.3) is 5.91 Å². The van der Waals surface area contributed by atoms with Crippen molar-refractivity contribution < 1.29 is 9.42 Å². The van der Waals surface area contributed by atoms with E-state index in [1.165, 1.54) is 6.07 Å². The number of hydrogen-bond donors (Lipinski definition) is 2. The van der Waals surface area contributed by atoms with Crippen LogP contribution in [-0.2, 0) is 0 Å². The third kappa shape index (κ3) is 2.48. The zero-order valence-electron chi connectivity index (χ0n) is 8.28. The zero-order valence-corrected chi connectivity index (χ0v) is 9.79. The van der Waals surface area contributed by atoms with E-state index in [0.29, 0.717) is 15.7 Å². The minimum absolute atomic E-state index is 0.0966. The van der Waals surface area contributed by atoms with Gasteiger partial charge in [-0.15, -0.1) is 0 Å². The summed E-state index contributed by atoms with van der Waals surface area (Å²) < 4.78 is 4.31. The summed E-state index contributed by atoms with van der Waals surface area (Å²) in [5, 5.41) is 9.94. The van der Waals surface area contributed by atoms with Crippen LogP contribution < -0.4 is 11.1 Å². The van der Waals surface area contributed by atoms with Crippen LogP contribution in [-0.4, -0.2) is 16.2 Å². The van der Waals surface area contributed by atoms with Crippen molar-refractivity contribution in [3.05, 3.63) is 33.9 Å². The molecular weight excluding hydrogens is 267 g/mol. The fraction of sp³-hybridized carbons (Fsp3) is 0. The highest BCUT2D eigenvalue weighted by molar-refractivity contribution is 6.35. The van der Waals surface area contributed by atoms with Crippen molar-refractivity contribution in [2.75, 3.05) is 11.1 Å². The first-order valence-electron chi connectivity index (χ1n) is 4.42. The summed E-state index contributed by atoms with van der Waals surface area (Å²) in [5.41, 5.74) is 5.62. The lowest BCUT2D eigenvalue weighted by molar-refractivity contribution is 0.101. The van der Waals surface area contributed by atoms with Gasteiger partial charge in [0.2, 0.25) is 11.5 Å². The number of nitrogens with one attached hydrogen (secondary N) is 1. The molecule has 0 saturated heterocycles. The van der Waals surface area contributed by atoms with Crippen LogP contribution in [0.15, 0.2) is 22.8 Å². The lowest BCUT2D eigenvalue weighted by atomic mass is 10.3. The lowest BCUT2D eigenvalue weighted by Crippen LogP contribution is -2.14. The normalized spacial score (nSPS) is 10.2. The van der Waals surface area contributed by atoms with Crippen LogP contribution in [0.4, 0.5) is 11.5 Å². The molecule has 0 aliphatic rings. The van der Waals surface area contributed by atoms with Gasteiger partial charge < -0.3 is 11.1 Å². The topological polar surface area (TPSA) is 94.0 Å². The number of nitrogen functional groups attached to an aromatic ring is 1. The minimum atomic E-state index is -0.576. The molecule has 1 aromatic heterocycles. The number of nitrogens with zero attached hydrogens (tertiary/aromatic N) is 2. The van der Waals surface area contributed by atoms with Gasteiger partial charge in [-0.3, -0.25) is 4.79 Å². The van der Waals surface area contributed by atoms with E-state index in [-0.39, 0.29) is 11.5 Å². The summed E-state index contributed by atoms with van der Waals surface area (Å²) >= 11 is 11.7. The van der Waals surface area contributed by atoms with Gasteiger partial charge in [0.05, 0.1) is 10.7 Å². The number of aromatic nitrogens is 2. The summed E-state index contributed by atoms with van der Waals surface area (Å²) in [4.78, 5) is 11.7. The number of hydrogen-bond acceptors (Lipinski definition) is 5. The Bertz CT molecular complexity index is 570. The SMILES string of the molecule is Nc1nonc1C(=O)Nc1cc(Cl)ccc1Cl. The van der Waals surface area contributed by atoms with Gasteiger partial charge in [0.1, 0.15) is 0 Å². The maximum absolute atomic E-state index is 11.7. The number of benzene rings is 1. The van der Waals surface area contributed by atoms with Crippen molar-refractivity contribution in [3.63, 3.8) is 0 Å². The van der Waals surface area contributed by atoms with Gasteiger partial charge in [0, 0.05) is 5.02 Å². The molecule has 88 valence electrons. The molecule has 0 radical (unpaired) electrons. The third-order valence-electron chi connectivity index (χ3n) is 1.91. The Balaban J connectivity index is 2.24.